The second-order valence-corrected chi connectivity index (χ2v) is 3.28. The number of carboxylic acid groups (broad SMARTS) is 1. The first-order valence-corrected chi connectivity index (χ1v) is 4.82. The first-order chi connectivity index (χ1) is 7.92. The zero-order valence-electron chi connectivity index (χ0n) is 9.88. The Balaban J connectivity index is 4.53. The molecule has 0 aromatic carbocycles. The molecule has 0 aliphatic heterocycles. The molecule has 0 spiro atoms. The van der Waals surface area contributed by atoms with Gasteiger partial charge in [-0.25, -0.2) is 4.79 Å². The number of carboxylic acids is 1. The standard InChI is InChI=1S/C10H16N2O5/c1-4-5-12(6-8(13)14)10(16)11(2)7-9(15)17-3/h4H,1,5-7H2,2-3H3,(H,13,14). The summed E-state index contributed by atoms with van der Waals surface area (Å²) in [6.45, 7) is 2.84. The number of hydrogen-bond acceptors (Lipinski definition) is 4. The van der Waals surface area contributed by atoms with Gasteiger partial charge in [0, 0.05) is 13.6 Å². The van der Waals surface area contributed by atoms with E-state index in [1.165, 1.54) is 20.2 Å². The fourth-order valence-electron chi connectivity index (χ4n) is 1.10. The van der Waals surface area contributed by atoms with Gasteiger partial charge in [0.25, 0.3) is 0 Å². The minimum absolute atomic E-state index is 0.0939. The predicted molar refractivity (Wildman–Crippen MR) is 59.4 cm³/mol. The normalized spacial score (nSPS) is 9.29. The minimum Gasteiger partial charge on any atom is -0.480 e. The highest BCUT2D eigenvalue weighted by atomic mass is 16.5. The summed E-state index contributed by atoms with van der Waals surface area (Å²) in [6.07, 6.45) is 1.41. The lowest BCUT2D eigenvalue weighted by molar-refractivity contribution is -0.141. The summed E-state index contributed by atoms with van der Waals surface area (Å²) in [5.41, 5.74) is 0. The van der Waals surface area contributed by atoms with Crippen molar-refractivity contribution in [2.75, 3.05) is 33.8 Å². The molecule has 0 aliphatic rings. The van der Waals surface area contributed by atoms with Crippen molar-refractivity contribution < 1.29 is 24.2 Å². The predicted octanol–water partition coefficient (Wildman–Crippen LogP) is -0.216. The highest BCUT2D eigenvalue weighted by molar-refractivity contribution is 5.83. The van der Waals surface area contributed by atoms with Gasteiger partial charge in [-0.15, -0.1) is 6.58 Å². The van der Waals surface area contributed by atoms with E-state index in [4.69, 9.17) is 5.11 Å². The topological polar surface area (TPSA) is 87.2 Å². The number of carbonyl (C=O) groups is 3. The molecule has 7 nitrogen and oxygen atoms in total. The number of hydrogen-bond donors (Lipinski definition) is 1. The van der Waals surface area contributed by atoms with E-state index in [-0.39, 0.29) is 13.1 Å². The van der Waals surface area contributed by atoms with Crippen LogP contribution in [0.4, 0.5) is 4.79 Å². The lowest BCUT2D eigenvalue weighted by Gasteiger charge is -2.25. The number of nitrogens with zero attached hydrogens (tertiary/aromatic N) is 2. The van der Waals surface area contributed by atoms with Gasteiger partial charge in [0.2, 0.25) is 0 Å². The third kappa shape index (κ3) is 5.55. The average molecular weight is 244 g/mol. The van der Waals surface area contributed by atoms with Crippen LogP contribution >= 0.6 is 0 Å². The van der Waals surface area contributed by atoms with Crippen LogP contribution in [-0.4, -0.2) is 66.7 Å². The quantitative estimate of drug-likeness (QED) is 0.515. The Morgan fingerprint density at radius 3 is 2.35 bits per heavy atom. The number of carbonyl (C=O) groups excluding carboxylic acids is 2. The molecule has 0 bridgehead atoms. The van der Waals surface area contributed by atoms with E-state index in [9.17, 15) is 14.4 Å². The molecule has 0 atom stereocenters. The Labute approximate surface area is 99.2 Å². The van der Waals surface area contributed by atoms with Gasteiger partial charge < -0.3 is 19.6 Å². The summed E-state index contributed by atoms with van der Waals surface area (Å²) in [5.74, 6) is -1.71. The molecule has 0 heterocycles. The maximum Gasteiger partial charge on any atom is 0.325 e. The molecule has 0 aliphatic carbocycles. The Bertz CT molecular complexity index is 316. The number of amides is 2. The summed E-state index contributed by atoms with van der Waals surface area (Å²) in [4.78, 5) is 35.4. The lowest BCUT2D eigenvalue weighted by Crippen LogP contribution is -2.45. The number of aliphatic carboxylic acids is 1. The van der Waals surface area contributed by atoms with Gasteiger partial charge in [0.15, 0.2) is 0 Å². The van der Waals surface area contributed by atoms with Gasteiger partial charge in [-0.1, -0.05) is 6.08 Å². The Kier molecular flexibility index (Phi) is 6.39. The van der Waals surface area contributed by atoms with Gasteiger partial charge in [-0.2, -0.15) is 0 Å². The molecular formula is C10H16N2O5. The van der Waals surface area contributed by atoms with Crippen molar-refractivity contribution in [3.8, 4) is 0 Å². The zero-order valence-corrected chi connectivity index (χ0v) is 9.88. The van der Waals surface area contributed by atoms with Gasteiger partial charge in [-0.05, 0) is 0 Å². The number of rotatable bonds is 6. The van der Waals surface area contributed by atoms with Crippen molar-refractivity contribution in [2.24, 2.45) is 0 Å². The Morgan fingerprint density at radius 2 is 1.94 bits per heavy atom. The number of methoxy groups -OCH3 is 1. The molecule has 2 amide bonds. The van der Waals surface area contributed by atoms with E-state index in [0.717, 1.165) is 9.80 Å². The van der Waals surface area contributed by atoms with Crippen LogP contribution in [-0.2, 0) is 14.3 Å². The first-order valence-electron chi connectivity index (χ1n) is 4.82. The Hall–Kier alpha value is -2.05. The van der Waals surface area contributed by atoms with Crippen LogP contribution in [0.15, 0.2) is 12.7 Å². The van der Waals surface area contributed by atoms with Crippen LogP contribution in [0.5, 0.6) is 0 Å². The van der Waals surface area contributed by atoms with Gasteiger partial charge in [0.1, 0.15) is 13.1 Å². The molecular weight excluding hydrogens is 228 g/mol. The van der Waals surface area contributed by atoms with Crippen LogP contribution in [0.3, 0.4) is 0 Å². The fraction of sp³-hybridized carbons (Fsp3) is 0.500. The fourth-order valence-corrected chi connectivity index (χ4v) is 1.10. The summed E-state index contributed by atoms with van der Waals surface area (Å²) in [6, 6.07) is -0.572. The molecule has 7 heteroatoms. The summed E-state index contributed by atoms with van der Waals surface area (Å²) in [7, 11) is 2.59. The first kappa shape index (κ1) is 14.9. The molecule has 0 rings (SSSR count). The molecule has 0 unspecified atom stereocenters. The largest absolute Gasteiger partial charge is 0.480 e. The molecule has 0 saturated carbocycles. The van der Waals surface area contributed by atoms with E-state index in [1.807, 2.05) is 0 Å². The van der Waals surface area contributed by atoms with Gasteiger partial charge in [0.05, 0.1) is 7.11 Å². The lowest BCUT2D eigenvalue weighted by atomic mass is 10.4. The Morgan fingerprint density at radius 1 is 1.35 bits per heavy atom. The van der Waals surface area contributed by atoms with E-state index in [2.05, 4.69) is 11.3 Å². The van der Waals surface area contributed by atoms with E-state index >= 15 is 0 Å². The highest BCUT2D eigenvalue weighted by Crippen LogP contribution is 1.98. The molecule has 0 aromatic heterocycles. The zero-order chi connectivity index (χ0) is 13.4. The average Bonchev–Trinajstić information content (AvgIpc) is 2.26. The van der Waals surface area contributed by atoms with Crippen molar-refractivity contribution in [1.82, 2.24) is 9.80 Å². The second-order valence-electron chi connectivity index (χ2n) is 3.28. The number of esters is 1. The smallest absolute Gasteiger partial charge is 0.325 e. The monoisotopic (exact) mass is 244 g/mol. The molecule has 17 heavy (non-hydrogen) atoms. The molecule has 0 fully saturated rings. The van der Waals surface area contributed by atoms with E-state index in [1.54, 1.807) is 0 Å². The van der Waals surface area contributed by atoms with Crippen LogP contribution in [0, 0.1) is 0 Å². The third-order valence-corrected chi connectivity index (χ3v) is 1.87. The summed E-state index contributed by atoms with van der Waals surface area (Å²) >= 11 is 0. The van der Waals surface area contributed by atoms with Crippen molar-refractivity contribution in [2.45, 2.75) is 0 Å². The third-order valence-electron chi connectivity index (χ3n) is 1.87. The molecule has 0 saturated heterocycles. The van der Waals surface area contributed by atoms with Gasteiger partial charge >= 0.3 is 18.0 Å². The van der Waals surface area contributed by atoms with Gasteiger partial charge in [-0.3, -0.25) is 9.59 Å². The highest BCUT2D eigenvalue weighted by Gasteiger charge is 2.21. The minimum atomic E-state index is -1.13. The summed E-state index contributed by atoms with van der Waals surface area (Å²) < 4.78 is 4.40. The maximum atomic E-state index is 11.8. The van der Waals surface area contributed by atoms with Crippen molar-refractivity contribution >= 4 is 18.0 Å². The molecule has 0 radical (unpaired) electrons. The van der Waals surface area contributed by atoms with E-state index in [0.29, 0.717) is 0 Å². The molecule has 0 aromatic rings. The van der Waals surface area contributed by atoms with Crippen molar-refractivity contribution in [1.29, 1.82) is 0 Å². The van der Waals surface area contributed by atoms with E-state index < -0.39 is 24.5 Å². The molecule has 96 valence electrons. The number of likely N-dealkylation sites (N-methyl/N-ethyl adjacent to an activating group) is 1. The second kappa shape index (κ2) is 7.26. The maximum absolute atomic E-state index is 11.8. The number of ether oxygens (including phenoxy) is 1. The van der Waals surface area contributed by atoms with Crippen LogP contribution in [0.2, 0.25) is 0 Å². The number of urea groups is 1. The van der Waals surface area contributed by atoms with Crippen LogP contribution in [0.25, 0.3) is 0 Å². The molecule has 1 N–H and O–H groups in total. The van der Waals surface area contributed by atoms with Crippen molar-refractivity contribution in [3.63, 3.8) is 0 Å². The van der Waals surface area contributed by atoms with Crippen molar-refractivity contribution in [3.05, 3.63) is 12.7 Å². The summed E-state index contributed by atoms with van der Waals surface area (Å²) in [5, 5.41) is 8.63. The SMILES string of the molecule is C=CCN(CC(=O)O)C(=O)N(C)CC(=O)OC. The van der Waals surface area contributed by atoms with Crippen LogP contribution < -0.4 is 0 Å². The van der Waals surface area contributed by atoms with Crippen LogP contribution in [0.1, 0.15) is 0 Å².